The van der Waals surface area contributed by atoms with Crippen LogP contribution in [0.2, 0.25) is 0 Å². The molecule has 2 aliphatic rings. The van der Waals surface area contributed by atoms with Crippen LogP contribution in [0.5, 0.6) is 0 Å². The summed E-state index contributed by atoms with van der Waals surface area (Å²) in [5.41, 5.74) is 0.711. The molecule has 6 nitrogen and oxygen atoms in total. The Hall–Kier alpha value is -2.05. The van der Waals surface area contributed by atoms with E-state index in [1.54, 1.807) is 0 Å². The highest BCUT2D eigenvalue weighted by molar-refractivity contribution is 5.27. The summed E-state index contributed by atoms with van der Waals surface area (Å²) in [6, 6.07) is 5.98. The number of aromatic nitrogens is 3. The van der Waals surface area contributed by atoms with Gasteiger partial charge in [-0.05, 0) is 25.0 Å². The van der Waals surface area contributed by atoms with Crippen LogP contribution in [0.3, 0.4) is 0 Å². The van der Waals surface area contributed by atoms with Crippen molar-refractivity contribution in [2.75, 3.05) is 26.3 Å². The SMILES string of the molecule is C=CC1(Cc2nc(C3(c4ccccn4)CCOCC3)no2)CNC1. The van der Waals surface area contributed by atoms with Gasteiger partial charge in [-0.3, -0.25) is 4.98 Å². The van der Waals surface area contributed by atoms with Crippen molar-refractivity contribution in [3.8, 4) is 0 Å². The lowest BCUT2D eigenvalue weighted by molar-refractivity contribution is 0.0584. The molecule has 4 rings (SSSR count). The highest BCUT2D eigenvalue weighted by Crippen LogP contribution is 2.39. The van der Waals surface area contributed by atoms with Gasteiger partial charge in [0.2, 0.25) is 5.89 Å². The van der Waals surface area contributed by atoms with E-state index in [-0.39, 0.29) is 10.8 Å². The van der Waals surface area contributed by atoms with Crippen molar-refractivity contribution < 1.29 is 9.26 Å². The van der Waals surface area contributed by atoms with E-state index in [9.17, 15) is 0 Å². The standard InChI is InChI=1S/C18H22N4O2/c1-2-17(12-19-13-17)11-15-21-16(22-24-15)18(6-9-23-10-7-18)14-5-3-4-8-20-14/h2-5,8,19H,1,6-7,9-13H2. The minimum atomic E-state index is -0.319. The zero-order valence-corrected chi connectivity index (χ0v) is 13.7. The van der Waals surface area contributed by atoms with Gasteiger partial charge < -0.3 is 14.6 Å². The predicted molar refractivity (Wildman–Crippen MR) is 88.6 cm³/mol. The van der Waals surface area contributed by atoms with Crippen molar-refractivity contribution in [3.05, 3.63) is 54.5 Å². The van der Waals surface area contributed by atoms with Crippen LogP contribution in [0.1, 0.15) is 30.3 Å². The van der Waals surface area contributed by atoms with Crippen molar-refractivity contribution in [2.45, 2.75) is 24.7 Å². The van der Waals surface area contributed by atoms with Crippen molar-refractivity contribution in [1.29, 1.82) is 0 Å². The van der Waals surface area contributed by atoms with Crippen LogP contribution in [-0.2, 0) is 16.6 Å². The number of ether oxygens (including phenoxy) is 1. The van der Waals surface area contributed by atoms with Gasteiger partial charge in [-0.2, -0.15) is 4.98 Å². The van der Waals surface area contributed by atoms with Crippen LogP contribution in [0.25, 0.3) is 0 Å². The van der Waals surface area contributed by atoms with E-state index in [1.807, 2.05) is 30.5 Å². The zero-order valence-electron chi connectivity index (χ0n) is 13.7. The minimum Gasteiger partial charge on any atom is -0.381 e. The third-order valence-corrected chi connectivity index (χ3v) is 5.29. The molecule has 0 bridgehead atoms. The maximum absolute atomic E-state index is 5.59. The van der Waals surface area contributed by atoms with E-state index >= 15 is 0 Å². The number of hydrogen-bond donors (Lipinski definition) is 1. The average molecular weight is 326 g/mol. The second-order valence-corrected chi connectivity index (χ2v) is 6.77. The molecule has 0 unspecified atom stereocenters. The van der Waals surface area contributed by atoms with Gasteiger partial charge in [0.15, 0.2) is 5.82 Å². The summed E-state index contributed by atoms with van der Waals surface area (Å²) >= 11 is 0. The first kappa shape index (κ1) is 15.5. The van der Waals surface area contributed by atoms with Gasteiger partial charge in [-0.25, -0.2) is 0 Å². The predicted octanol–water partition coefficient (Wildman–Crippen LogP) is 1.88. The molecule has 6 heteroatoms. The molecule has 0 aliphatic carbocycles. The fourth-order valence-electron chi connectivity index (χ4n) is 3.57. The fourth-order valence-corrected chi connectivity index (χ4v) is 3.57. The second kappa shape index (κ2) is 6.11. The van der Waals surface area contributed by atoms with Crippen molar-refractivity contribution in [3.63, 3.8) is 0 Å². The molecule has 2 fully saturated rings. The molecule has 2 aromatic rings. The van der Waals surface area contributed by atoms with Crippen LogP contribution >= 0.6 is 0 Å². The summed E-state index contributed by atoms with van der Waals surface area (Å²) in [5.74, 6) is 1.40. The first-order valence-electron chi connectivity index (χ1n) is 8.43. The molecular weight excluding hydrogens is 304 g/mol. The average Bonchev–Trinajstić information content (AvgIpc) is 3.08. The molecule has 4 heterocycles. The molecule has 1 N–H and O–H groups in total. The van der Waals surface area contributed by atoms with Gasteiger partial charge in [0.05, 0.1) is 11.1 Å². The number of hydrogen-bond acceptors (Lipinski definition) is 6. The van der Waals surface area contributed by atoms with E-state index in [0.717, 1.165) is 43.9 Å². The van der Waals surface area contributed by atoms with Gasteiger partial charge in [0, 0.05) is 44.3 Å². The lowest BCUT2D eigenvalue weighted by Crippen LogP contribution is -2.53. The third-order valence-electron chi connectivity index (χ3n) is 5.29. The Balaban J connectivity index is 1.66. The van der Waals surface area contributed by atoms with Crippen LogP contribution < -0.4 is 5.32 Å². The largest absolute Gasteiger partial charge is 0.381 e. The lowest BCUT2D eigenvalue weighted by Gasteiger charge is -2.39. The first-order valence-corrected chi connectivity index (χ1v) is 8.43. The molecule has 24 heavy (non-hydrogen) atoms. The Morgan fingerprint density at radius 2 is 2.08 bits per heavy atom. The molecule has 2 saturated heterocycles. The van der Waals surface area contributed by atoms with E-state index in [0.29, 0.717) is 19.1 Å². The van der Waals surface area contributed by atoms with E-state index in [2.05, 4.69) is 22.0 Å². The summed E-state index contributed by atoms with van der Waals surface area (Å²) in [6.45, 7) is 7.14. The van der Waals surface area contributed by atoms with Crippen LogP contribution in [0.15, 0.2) is 41.6 Å². The molecule has 2 aliphatic heterocycles. The molecule has 126 valence electrons. The Morgan fingerprint density at radius 3 is 2.71 bits per heavy atom. The molecule has 0 atom stereocenters. The summed E-state index contributed by atoms with van der Waals surface area (Å²) < 4.78 is 11.2. The maximum Gasteiger partial charge on any atom is 0.227 e. The minimum absolute atomic E-state index is 0.0393. The third kappa shape index (κ3) is 2.56. The monoisotopic (exact) mass is 326 g/mol. The second-order valence-electron chi connectivity index (χ2n) is 6.77. The Labute approximate surface area is 141 Å². The number of nitrogens with one attached hydrogen (secondary N) is 1. The molecule has 2 aromatic heterocycles. The zero-order chi connectivity index (χ0) is 16.5. The molecule has 0 aromatic carbocycles. The van der Waals surface area contributed by atoms with E-state index in [4.69, 9.17) is 14.2 Å². The molecule has 0 spiro atoms. The molecule has 0 amide bonds. The van der Waals surface area contributed by atoms with Gasteiger partial charge in [0.25, 0.3) is 0 Å². The highest BCUT2D eigenvalue weighted by atomic mass is 16.5. The maximum atomic E-state index is 5.59. The molecule has 0 radical (unpaired) electrons. The molecule has 0 saturated carbocycles. The first-order chi connectivity index (χ1) is 11.8. The Bertz CT molecular complexity index is 703. The summed E-state index contributed by atoms with van der Waals surface area (Å²) in [4.78, 5) is 9.32. The van der Waals surface area contributed by atoms with Crippen molar-refractivity contribution in [2.24, 2.45) is 5.41 Å². The number of nitrogens with zero attached hydrogens (tertiary/aromatic N) is 3. The Kier molecular flexibility index (Phi) is 3.94. The van der Waals surface area contributed by atoms with Gasteiger partial charge in [0.1, 0.15) is 0 Å². The summed E-state index contributed by atoms with van der Waals surface area (Å²) in [5, 5.41) is 7.62. The molecular formula is C18H22N4O2. The lowest BCUT2D eigenvalue weighted by atomic mass is 9.76. The summed E-state index contributed by atoms with van der Waals surface area (Å²) in [6.07, 6.45) is 6.18. The number of rotatable bonds is 5. The quantitative estimate of drug-likeness (QED) is 0.846. The Morgan fingerprint density at radius 1 is 1.25 bits per heavy atom. The van der Waals surface area contributed by atoms with Crippen LogP contribution in [0, 0.1) is 5.41 Å². The van der Waals surface area contributed by atoms with Gasteiger partial charge in [-0.15, -0.1) is 6.58 Å². The normalized spacial score (nSPS) is 21.8. The van der Waals surface area contributed by atoms with Gasteiger partial charge >= 0.3 is 0 Å². The van der Waals surface area contributed by atoms with Crippen LogP contribution in [0.4, 0.5) is 0 Å². The number of pyridine rings is 1. The fraction of sp³-hybridized carbons (Fsp3) is 0.500. The van der Waals surface area contributed by atoms with E-state index in [1.165, 1.54) is 0 Å². The van der Waals surface area contributed by atoms with Crippen LogP contribution in [-0.4, -0.2) is 41.4 Å². The smallest absolute Gasteiger partial charge is 0.227 e. The van der Waals surface area contributed by atoms with Gasteiger partial charge in [-0.1, -0.05) is 17.3 Å². The summed E-state index contributed by atoms with van der Waals surface area (Å²) in [7, 11) is 0. The van der Waals surface area contributed by atoms with Crippen molar-refractivity contribution >= 4 is 0 Å². The highest BCUT2D eigenvalue weighted by Gasteiger charge is 2.43. The van der Waals surface area contributed by atoms with Crippen molar-refractivity contribution in [1.82, 2.24) is 20.4 Å². The van der Waals surface area contributed by atoms with E-state index < -0.39 is 0 Å². The topological polar surface area (TPSA) is 73.1 Å².